The third-order valence-corrected chi connectivity index (χ3v) is 4.07. The molecule has 3 rings (SSSR count). The van der Waals surface area contributed by atoms with Crippen LogP contribution in [0.4, 0.5) is 0 Å². The quantitative estimate of drug-likeness (QED) is 0.920. The molecule has 2 amide bonds. The molecule has 2 aromatic rings. The number of morpholine rings is 1. The summed E-state index contributed by atoms with van der Waals surface area (Å²) < 4.78 is 5.56. The van der Waals surface area contributed by atoms with Crippen molar-refractivity contribution in [1.29, 1.82) is 0 Å². The van der Waals surface area contributed by atoms with Gasteiger partial charge >= 0.3 is 0 Å². The van der Waals surface area contributed by atoms with Gasteiger partial charge in [-0.3, -0.25) is 14.6 Å². The summed E-state index contributed by atoms with van der Waals surface area (Å²) in [5.41, 5.74) is 1.77. The van der Waals surface area contributed by atoms with Crippen molar-refractivity contribution in [3.63, 3.8) is 0 Å². The van der Waals surface area contributed by atoms with E-state index in [1.54, 1.807) is 24.3 Å². The van der Waals surface area contributed by atoms with Crippen LogP contribution in [0.3, 0.4) is 0 Å². The van der Waals surface area contributed by atoms with Crippen LogP contribution >= 0.6 is 0 Å². The Morgan fingerprint density at radius 1 is 1.29 bits per heavy atom. The molecule has 1 aromatic carbocycles. The Hall–Kier alpha value is -2.73. The van der Waals surface area contributed by atoms with Crippen molar-refractivity contribution in [2.24, 2.45) is 0 Å². The second-order valence-electron chi connectivity index (χ2n) is 5.67. The highest BCUT2D eigenvalue weighted by Gasteiger charge is 2.39. The van der Waals surface area contributed by atoms with Gasteiger partial charge in [0.25, 0.3) is 5.91 Å². The van der Waals surface area contributed by atoms with Crippen LogP contribution in [0.25, 0.3) is 0 Å². The molecule has 1 N–H and O–H groups in total. The number of benzene rings is 1. The molecule has 124 valence electrons. The van der Waals surface area contributed by atoms with Gasteiger partial charge in [-0.15, -0.1) is 0 Å². The highest BCUT2D eigenvalue weighted by Crippen LogP contribution is 2.29. The number of carbonyl (C=O) groups excluding carboxylic acids is 2. The molecule has 0 bridgehead atoms. The summed E-state index contributed by atoms with van der Waals surface area (Å²) in [7, 11) is 1.70. The molecule has 0 radical (unpaired) electrons. The summed E-state index contributed by atoms with van der Waals surface area (Å²) in [5.74, 6) is -0.382. The predicted octanol–water partition coefficient (Wildman–Crippen LogP) is 1.30. The summed E-state index contributed by atoms with van der Waals surface area (Å²) in [6, 6.07) is 12.7. The zero-order chi connectivity index (χ0) is 16.9. The van der Waals surface area contributed by atoms with Crippen molar-refractivity contribution < 1.29 is 14.3 Å². The Morgan fingerprint density at radius 3 is 2.79 bits per heavy atom. The molecule has 1 saturated heterocycles. The van der Waals surface area contributed by atoms with E-state index < -0.39 is 12.1 Å². The van der Waals surface area contributed by atoms with Crippen molar-refractivity contribution in [2.75, 3.05) is 13.7 Å². The van der Waals surface area contributed by atoms with Gasteiger partial charge in [0.05, 0.1) is 6.04 Å². The molecule has 2 heterocycles. The van der Waals surface area contributed by atoms with Crippen LogP contribution in [0.2, 0.25) is 0 Å². The zero-order valence-corrected chi connectivity index (χ0v) is 13.4. The normalized spacial score (nSPS) is 20.7. The lowest BCUT2D eigenvalue weighted by Crippen LogP contribution is -2.52. The third-order valence-electron chi connectivity index (χ3n) is 4.07. The lowest BCUT2D eigenvalue weighted by molar-refractivity contribution is -0.162. The van der Waals surface area contributed by atoms with Crippen molar-refractivity contribution in [3.05, 3.63) is 66.0 Å². The fraction of sp³-hybridized carbons (Fsp3) is 0.278. The Morgan fingerprint density at radius 2 is 2.08 bits per heavy atom. The van der Waals surface area contributed by atoms with Crippen LogP contribution in [-0.4, -0.2) is 41.5 Å². The summed E-state index contributed by atoms with van der Waals surface area (Å²) in [5, 5.41) is 2.86. The molecule has 1 aromatic heterocycles. The van der Waals surface area contributed by atoms with Crippen molar-refractivity contribution >= 4 is 11.8 Å². The number of rotatable bonds is 4. The number of hydrogen-bond acceptors (Lipinski definition) is 4. The number of nitrogens with zero attached hydrogens (tertiary/aromatic N) is 2. The second-order valence-corrected chi connectivity index (χ2v) is 5.67. The Bertz CT molecular complexity index is 706. The van der Waals surface area contributed by atoms with E-state index in [9.17, 15) is 9.59 Å². The predicted molar refractivity (Wildman–Crippen MR) is 87.8 cm³/mol. The second kappa shape index (κ2) is 7.23. The van der Waals surface area contributed by atoms with Gasteiger partial charge in [0, 0.05) is 26.0 Å². The van der Waals surface area contributed by atoms with Gasteiger partial charge in [-0.2, -0.15) is 0 Å². The third kappa shape index (κ3) is 3.44. The zero-order valence-electron chi connectivity index (χ0n) is 13.4. The molecule has 24 heavy (non-hydrogen) atoms. The minimum absolute atomic E-state index is 0.0924. The maximum atomic E-state index is 12.6. The Balaban J connectivity index is 1.76. The Labute approximate surface area is 140 Å². The minimum atomic E-state index is -0.744. The average Bonchev–Trinajstić information content (AvgIpc) is 2.63. The van der Waals surface area contributed by atoms with Gasteiger partial charge in [-0.05, 0) is 17.2 Å². The van der Waals surface area contributed by atoms with Gasteiger partial charge in [0.2, 0.25) is 5.91 Å². The van der Waals surface area contributed by atoms with Crippen molar-refractivity contribution in [3.8, 4) is 0 Å². The number of likely N-dealkylation sites (N-methyl/N-ethyl adjacent to an activating group) is 1. The molecule has 6 nitrogen and oxygen atoms in total. The van der Waals surface area contributed by atoms with E-state index in [0.717, 1.165) is 11.1 Å². The number of amides is 2. The molecule has 6 heteroatoms. The minimum Gasteiger partial charge on any atom is -0.356 e. The highest BCUT2D eigenvalue weighted by molar-refractivity contribution is 5.86. The number of carbonyl (C=O) groups is 2. The lowest BCUT2D eigenvalue weighted by atomic mass is 9.97. The molecule has 0 saturated carbocycles. The van der Waals surface area contributed by atoms with Crippen molar-refractivity contribution in [2.45, 2.75) is 18.7 Å². The van der Waals surface area contributed by atoms with E-state index in [4.69, 9.17) is 4.74 Å². The molecule has 0 unspecified atom stereocenters. The van der Waals surface area contributed by atoms with Gasteiger partial charge in [-0.1, -0.05) is 36.4 Å². The van der Waals surface area contributed by atoms with Crippen LogP contribution in [0, 0.1) is 0 Å². The summed E-state index contributed by atoms with van der Waals surface area (Å²) in [6.45, 7) is 0.274. The highest BCUT2D eigenvalue weighted by atomic mass is 16.5. The first-order chi connectivity index (χ1) is 11.7. The smallest absolute Gasteiger partial charge is 0.251 e. The van der Waals surface area contributed by atoms with Crippen LogP contribution in [-0.2, 0) is 20.9 Å². The average molecular weight is 325 g/mol. The standard InChI is InChI=1S/C18H19N3O3/c1-21-15(22)12-24-17(16(21)14-7-3-2-4-8-14)18(23)20-11-13-6-5-9-19-10-13/h2-10,16-17H,11-12H2,1H3,(H,20,23)/t16-,17-/m1/s1. The van der Waals surface area contributed by atoms with Crippen molar-refractivity contribution in [1.82, 2.24) is 15.2 Å². The van der Waals surface area contributed by atoms with Gasteiger partial charge in [-0.25, -0.2) is 0 Å². The molecular formula is C18H19N3O3. The maximum Gasteiger partial charge on any atom is 0.251 e. The molecule has 0 spiro atoms. The van der Waals surface area contributed by atoms with E-state index in [0.29, 0.717) is 6.54 Å². The van der Waals surface area contributed by atoms with E-state index >= 15 is 0 Å². The number of pyridine rings is 1. The topological polar surface area (TPSA) is 71.5 Å². The monoisotopic (exact) mass is 325 g/mol. The van der Waals surface area contributed by atoms with E-state index in [-0.39, 0.29) is 18.4 Å². The number of ether oxygens (including phenoxy) is 1. The van der Waals surface area contributed by atoms with Gasteiger partial charge in [0.1, 0.15) is 6.61 Å². The summed E-state index contributed by atoms with van der Waals surface area (Å²) >= 11 is 0. The fourth-order valence-electron chi connectivity index (χ4n) is 2.77. The molecule has 1 aliphatic heterocycles. The summed E-state index contributed by atoms with van der Waals surface area (Å²) in [4.78, 5) is 30.2. The van der Waals surface area contributed by atoms with E-state index in [1.807, 2.05) is 42.5 Å². The first kappa shape index (κ1) is 16.1. The maximum absolute atomic E-state index is 12.6. The molecule has 1 aliphatic rings. The first-order valence-electron chi connectivity index (χ1n) is 7.75. The van der Waals surface area contributed by atoms with Crippen LogP contribution in [0.1, 0.15) is 17.2 Å². The number of aromatic nitrogens is 1. The van der Waals surface area contributed by atoms with Gasteiger partial charge in [0.15, 0.2) is 6.10 Å². The summed E-state index contributed by atoms with van der Waals surface area (Å²) in [6.07, 6.45) is 2.64. The molecule has 0 aliphatic carbocycles. The van der Waals surface area contributed by atoms with E-state index in [2.05, 4.69) is 10.3 Å². The number of hydrogen-bond donors (Lipinski definition) is 1. The van der Waals surface area contributed by atoms with Crippen LogP contribution < -0.4 is 5.32 Å². The van der Waals surface area contributed by atoms with Gasteiger partial charge < -0.3 is 15.0 Å². The SMILES string of the molecule is CN1C(=O)CO[C@@H](C(=O)NCc2cccnc2)[C@H]1c1ccccc1. The largest absolute Gasteiger partial charge is 0.356 e. The fourth-order valence-corrected chi connectivity index (χ4v) is 2.77. The first-order valence-corrected chi connectivity index (χ1v) is 7.75. The van der Waals surface area contributed by atoms with Crippen LogP contribution in [0.15, 0.2) is 54.9 Å². The van der Waals surface area contributed by atoms with E-state index in [1.165, 1.54) is 0 Å². The number of nitrogens with one attached hydrogen (secondary N) is 1. The lowest BCUT2D eigenvalue weighted by Gasteiger charge is -2.38. The Kier molecular flexibility index (Phi) is 4.86. The molecule has 1 fully saturated rings. The molecular weight excluding hydrogens is 306 g/mol. The molecule has 2 atom stereocenters. The van der Waals surface area contributed by atoms with Crippen LogP contribution in [0.5, 0.6) is 0 Å².